The zero-order valence-electron chi connectivity index (χ0n) is 23.2. The van der Waals surface area contributed by atoms with Gasteiger partial charge in [-0.05, 0) is 72.5 Å². The number of nitrogens with one attached hydrogen (secondary N) is 1. The maximum Gasteiger partial charge on any atom is 0.268 e. The lowest BCUT2D eigenvalue weighted by atomic mass is 10.0. The lowest BCUT2D eigenvalue weighted by Crippen LogP contribution is -2.14. The van der Waals surface area contributed by atoms with Crippen LogP contribution in [-0.2, 0) is 22.9 Å². The molecule has 5 aromatic rings. The molecular weight excluding hydrogens is 829 g/mol. The SMILES string of the molecule is CCc1ccc(Cl)cc1-c1[nH]ccc1C#N.CCc1ccc(Cl)cc1-c1c(C#N)ccn1S(=O)(=O)c1ccccc1.II. The number of hydrogen-bond acceptors (Lipinski definition) is 4. The molecule has 0 unspecified atom stereocenters. The van der Waals surface area contributed by atoms with Crippen LogP contribution in [0.3, 0.4) is 0 Å². The number of rotatable bonds is 6. The highest BCUT2D eigenvalue weighted by Crippen LogP contribution is 2.33. The van der Waals surface area contributed by atoms with E-state index in [4.69, 9.17) is 28.5 Å². The second-order valence-corrected chi connectivity index (χ2v) is 11.7. The fourth-order valence-corrected chi connectivity index (χ4v) is 6.26. The molecular formula is C32H26Cl2I2N4O2S. The van der Waals surface area contributed by atoms with Gasteiger partial charge in [-0.2, -0.15) is 10.5 Å². The highest BCUT2D eigenvalue weighted by Gasteiger charge is 2.24. The fraction of sp³-hybridized carbons (Fsp3) is 0.125. The summed E-state index contributed by atoms with van der Waals surface area (Å²) in [6, 6.07) is 26.8. The summed E-state index contributed by atoms with van der Waals surface area (Å²) < 4.78 is 27.3. The summed E-state index contributed by atoms with van der Waals surface area (Å²) in [5.74, 6) is 0. The van der Waals surface area contributed by atoms with Gasteiger partial charge in [0.05, 0.1) is 27.4 Å². The van der Waals surface area contributed by atoms with Crippen molar-refractivity contribution in [3.05, 3.63) is 124 Å². The lowest BCUT2D eigenvalue weighted by Gasteiger charge is -2.14. The zero-order valence-corrected chi connectivity index (χ0v) is 29.8. The summed E-state index contributed by atoms with van der Waals surface area (Å²) in [7, 11) is -3.82. The number of benzene rings is 3. The maximum atomic E-state index is 13.1. The molecule has 0 fully saturated rings. The molecule has 0 saturated heterocycles. The second kappa shape index (κ2) is 16.3. The Kier molecular flexibility index (Phi) is 13.2. The van der Waals surface area contributed by atoms with Crippen molar-refractivity contribution in [2.45, 2.75) is 31.6 Å². The van der Waals surface area contributed by atoms with E-state index in [0.29, 0.717) is 33.3 Å². The average molecular weight is 855 g/mol. The van der Waals surface area contributed by atoms with E-state index in [2.05, 4.69) is 61.3 Å². The molecule has 0 atom stereocenters. The first-order valence-electron chi connectivity index (χ1n) is 13.0. The van der Waals surface area contributed by atoms with Gasteiger partial charge in [-0.15, -0.1) is 0 Å². The number of aromatic nitrogens is 2. The van der Waals surface area contributed by atoms with Crippen LogP contribution in [-0.4, -0.2) is 17.4 Å². The highest BCUT2D eigenvalue weighted by atomic mass is 128. The van der Waals surface area contributed by atoms with Gasteiger partial charge in [0, 0.05) is 70.8 Å². The fourth-order valence-electron chi connectivity index (χ4n) is 4.53. The van der Waals surface area contributed by atoms with E-state index in [1.165, 1.54) is 30.0 Å². The quantitative estimate of drug-likeness (QED) is 0.172. The van der Waals surface area contributed by atoms with Crippen molar-refractivity contribution in [1.82, 2.24) is 8.96 Å². The van der Waals surface area contributed by atoms with Crippen LogP contribution in [0.5, 0.6) is 0 Å². The molecule has 0 aliphatic carbocycles. The number of aromatic amines is 1. The Bertz CT molecular complexity index is 1890. The topological polar surface area (TPSA) is 102 Å². The van der Waals surface area contributed by atoms with Gasteiger partial charge >= 0.3 is 0 Å². The molecule has 6 nitrogen and oxygen atoms in total. The van der Waals surface area contributed by atoms with E-state index >= 15 is 0 Å². The van der Waals surface area contributed by atoms with Crippen LogP contribution in [0.15, 0.2) is 96.2 Å². The molecule has 0 aliphatic rings. The Morgan fingerprint density at radius 2 is 1.35 bits per heavy atom. The minimum Gasteiger partial charge on any atom is -0.360 e. The standard InChI is InChI=1S/C19H15ClN2O2S.C13H11ClN2.I2/c1-2-14-8-9-16(20)12-18(14)19-15(13-21)10-11-22(19)25(23,24)17-6-4-3-5-7-17;1-2-9-3-4-11(14)7-12(9)13-10(8-15)5-6-16-13;1-2/h3-12H,2H2,1H3;3-7,16H,2H2,1H3;. The molecule has 43 heavy (non-hydrogen) atoms. The second-order valence-electron chi connectivity index (χ2n) is 8.99. The summed E-state index contributed by atoms with van der Waals surface area (Å²) in [4.78, 5) is 3.26. The third-order valence-corrected chi connectivity index (χ3v) is 8.73. The van der Waals surface area contributed by atoms with Crippen LogP contribution in [0.1, 0.15) is 36.1 Å². The largest absolute Gasteiger partial charge is 0.360 e. The minimum atomic E-state index is -3.82. The molecule has 3 aromatic carbocycles. The molecule has 0 bridgehead atoms. The number of halogens is 4. The predicted molar refractivity (Wildman–Crippen MR) is 191 cm³/mol. The Morgan fingerprint density at radius 1 is 0.791 bits per heavy atom. The molecule has 2 aromatic heterocycles. The van der Waals surface area contributed by atoms with Crippen LogP contribution >= 0.6 is 60.4 Å². The Hall–Kier alpha value is -2.81. The van der Waals surface area contributed by atoms with Crippen LogP contribution in [0, 0.1) is 22.7 Å². The van der Waals surface area contributed by atoms with Gasteiger partial charge in [0.15, 0.2) is 0 Å². The highest BCUT2D eigenvalue weighted by molar-refractivity contribution is 15.0. The first kappa shape index (κ1) is 34.7. The van der Waals surface area contributed by atoms with E-state index in [9.17, 15) is 13.7 Å². The Labute approximate surface area is 285 Å². The molecule has 11 heteroatoms. The monoisotopic (exact) mass is 854 g/mol. The van der Waals surface area contributed by atoms with Gasteiger partial charge < -0.3 is 4.98 Å². The summed E-state index contributed by atoms with van der Waals surface area (Å²) in [6.07, 6.45) is 4.79. The van der Waals surface area contributed by atoms with Crippen LogP contribution in [0.25, 0.3) is 22.5 Å². The number of nitriles is 2. The molecule has 0 radical (unpaired) electrons. The van der Waals surface area contributed by atoms with Gasteiger partial charge in [0.25, 0.3) is 10.0 Å². The van der Waals surface area contributed by atoms with Crippen molar-refractivity contribution in [3.8, 4) is 34.7 Å². The van der Waals surface area contributed by atoms with Crippen LogP contribution < -0.4 is 0 Å². The first-order valence-corrected chi connectivity index (χ1v) is 21.4. The summed E-state index contributed by atoms with van der Waals surface area (Å²) >= 11 is 16.4. The van der Waals surface area contributed by atoms with E-state index in [1.807, 2.05) is 31.2 Å². The maximum absolute atomic E-state index is 13.1. The van der Waals surface area contributed by atoms with Gasteiger partial charge in [-0.1, -0.05) is 67.4 Å². The number of H-pyrrole nitrogens is 1. The summed E-state index contributed by atoms with van der Waals surface area (Å²) in [5.41, 5.74) is 5.89. The average Bonchev–Trinajstić information content (AvgIpc) is 3.70. The van der Waals surface area contributed by atoms with E-state index in [1.54, 1.807) is 42.6 Å². The molecule has 5 rings (SSSR count). The number of nitrogens with zero attached hydrogens (tertiary/aromatic N) is 3. The smallest absolute Gasteiger partial charge is 0.268 e. The van der Waals surface area contributed by atoms with Gasteiger partial charge in [-0.3, -0.25) is 0 Å². The van der Waals surface area contributed by atoms with Crippen molar-refractivity contribution in [3.63, 3.8) is 0 Å². The van der Waals surface area contributed by atoms with E-state index < -0.39 is 10.0 Å². The molecule has 220 valence electrons. The van der Waals surface area contributed by atoms with Crippen LogP contribution in [0.2, 0.25) is 10.0 Å². The van der Waals surface area contributed by atoms with Crippen molar-refractivity contribution < 1.29 is 8.42 Å². The Balaban J connectivity index is 0.000000242. The van der Waals surface area contributed by atoms with Crippen molar-refractivity contribution in [2.75, 3.05) is 0 Å². The molecule has 0 aliphatic heterocycles. The number of aryl methyl sites for hydroxylation is 2. The molecule has 1 N–H and O–H groups in total. The zero-order chi connectivity index (χ0) is 31.6. The van der Waals surface area contributed by atoms with Crippen LogP contribution in [0.4, 0.5) is 0 Å². The minimum absolute atomic E-state index is 0.163. The number of hydrogen-bond donors (Lipinski definition) is 1. The van der Waals surface area contributed by atoms with E-state index in [-0.39, 0.29) is 10.5 Å². The predicted octanol–water partition coefficient (Wildman–Crippen LogP) is 10.0. The molecule has 0 saturated carbocycles. The van der Waals surface area contributed by atoms with Gasteiger partial charge in [0.2, 0.25) is 0 Å². The van der Waals surface area contributed by atoms with Gasteiger partial charge in [0.1, 0.15) is 12.1 Å². The lowest BCUT2D eigenvalue weighted by molar-refractivity contribution is 0.588. The molecule has 0 spiro atoms. The van der Waals surface area contributed by atoms with Crippen molar-refractivity contribution in [1.29, 1.82) is 10.5 Å². The normalized spacial score (nSPS) is 10.4. The Morgan fingerprint density at radius 3 is 1.91 bits per heavy atom. The first-order chi connectivity index (χ1) is 20.7. The van der Waals surface area contributed by atoms with Crippen molar-refractivity contribution in [2.24, 2.45) is 0 Å². The molecule has 0 amide bonds. The summed E-state index contributed by atoms with van der Waals surface area (Å²) in [5, 5.41) is 19.6. The third-order valence-electron chi connectivity index (χ3n) is 6.57. The van der Waals surface area contributed by atoms with Gasteiger partial charge in [-0.25, -0.2) is 12.4 Å². The molecule has 2 heterocycles. The third kappa shape index (κ3) is 8.02. The van der Waals surface area contributed by atoms with Crippen molar-refractivity contribution >= 4 is 70.5 Å². The van der Waals surface area contributed by atoms with E-state index in [0.717, 1.165) is 27.2 Å². The summed E-state index contributed by atoms with van der Waals surface area (Å²) in [6.45, 7) is 4.06.